The first-order valence-electron chi connectivity index (χ1n) is 18.5. The van der Waals surface area contributed by atoms with Crippen LogP contribution in [0.2, 0.25) is 10.0 Å². The molecule has 2 unspecified atom stereocenters. The van der Waals surface area contributed by atoms with Gasteiger partial charge in [-0.15, -0.1) is 0 Å². The molecule has 2 fully saturated rings. The molecule has 1 aromatic heterocycles. The van der Waals surface area contributed by atoms with Gasteiger partial charge in [-0.3, -0.25) is 9.59 Å². The zero-order chi connectivity index (χ0) is 41.9. The Balaban J connectivity index is 0.000000196. The van der Waals surface area contributed by atoms with Crippen molar-refractivity contribution in [2.75, 3.05) is 32.8 Å². The van der Waals surface area contributed by atoms with Gasteiger partial charge in [-0.05, 0) is 121 Å². The van der Waals surface area contributed by atoms with Crippen LogP contribution >= 0.6 is 68.4 Å². The van der Waals surface area contributed by atoms with E-state index in [1.54, 1.807) is 0 Å². The maximum Gasteiger partial charge on any atom is 0.417 e. The van der Waals surface area contributed by atoms with E-state index in [0.29, 0.717) is 44.8 Å². The Kier molecular flexibility index (Phi) is 14.7. The highest BCUT2D eigenvalue weighted by atomic mass is 127. The molecule has 0 radical (unpaired) electrons. The molecule has 2 saturated heterocycles. The zero-order valence-electron chi connectivity index (χ0n) is 30.7. The second-order valence-corrected chi connectivity index (χ2v) is 16.8. The van der Waals surface area contributed by atoms with Crippen molar-refractivity contribution in [1.29, 1.82) is 0 Å². The molecule has 3 aromatic rings. The molecule has 58 heavy (non-hydrogen) atoms. The van der Waals surface area contributed by atoms with Crippen LogP contribution in [0.15, 0.2) is 52.7 Å². The minimum atomic E-state index is -4.63. The molecule has 0 spiro atoms. The Hall–Kier alpha value is -2.66. The fourth-order valence-electron chi connectivity index (χ4n) is 7.12. The molecule has 2 amide bonds. The van der Waals surface area contributed by atoms with Crippen molar-refractivity contribution in [2.24, 2.45) is 10.7 Å². The van der Waals surface area contributed by atoms with Gasteiger partial charge in [0.2, 0.25) is 0 Å². The van der Waals surface area contributed by atoms with Gasteiger partial charge in [-0.2, -0.15) is 31.4 Å². The summed E-state index contributed by atoms with van der Waals surface area (Å²) in [7, 11) is 0. The number of aliphatic imine (C=N–C) groups is 1. The molecule has 0 aliphatic carbocycles. The molecule has 4 aliphatic heterocycles. The van der Waals surface area contributed by atoms with Crippen molar-refractivity contribution >= 4 is 83.9 Å². The minimum absolute atomic E-state index is 0.105. The van der Waals surface area contributed by atoms with Crippen molar-refractivity contribution in [3.63, 3.8) is 0 Å². The normalized spacial score (nSPS) is 20.7. The number of alkyl halides is 6. The van der Waals surface area contributed by atoms with Crippen molar-refractivity contribution in [1.82, 2.24) is 19.6 Å². The van der Waals surface area contributed by atoms with Crippen LogP contribution in [0.25, 0.3) is 0 Å². The number of halogens is 10. The lowest BCUT2D eigenvalue weighted by Gasteiger charge is -2.31. The highest BCUT2D eigenvalue weighted by Crippen LogP contribution is 2.39. The molecule has 2 atom stereocenters. The molecule has 5 heterocycles. The van der Waals surface area contributed by atoms with E-state index in [2.05, 4.69) is 55.3 Å². The van der Waals surface area contributed by atoms with Crippen molar-refractivity contribution < 1.29 is 45.4 Å². The van der Waals surface area contributed by atoms with Crippen LogP contribution in [-0.2, 0) is 34.8 Å². The lowest BCUT2D eigenvalue weighted by molar-refractivity contribution is -0.138. The van der Waals surface area contributed by atoms with Gasteiger partial charge in [-0.25, -0.2) is 9.67 Å². The molecule has 0 saturated carbocycles. The molecule has 0 bridgehead atoms. The quantitative estimate of drug-likeness (QED) is 0.155. The number of nitrogens with two attached hydrogens (primary N) is 1. The van der Waals surface area contributed by atoms with Crippen LogP contribution in [-0.4, -0.2) is 74.2 Å². The number of nitrogens with zero attached hydrogens (tertiary/aromatic N) is 5. The third-order valence-corrected chi connectivity index (χ3v) is 12.8. The molecule has 10 nitrogen and oxygen atoms in total. The van der Waals surface area contributed by atoms with E-state index >= 15 is 0 Å². The fourth-order valence-corrected chi connectivity index (χ4v) is 9.49. The van der Waals surface area contributed by atoms with E-state index in [-0.39, 0.29) is 36.7 Å². The van der Waals surface area contributed by atoms with Gasteiger partial charge in [-0.1, -0.05) is 35.3 Å². The van der Waals surface area contributed by atoms with E-state index in [1.165, 1.54) is 34.1 Å². The average molecular weight is 1080 g/mol. The summed E-state index contributed by atoms with van der Waals surface area (Å²) in [6.07, 6.45) is -2.71. The number of hydrogen-bond donors (Lipinski definition) is 1. The van der Waals surface area contributed by atoms with Gasteiger partial charge < -0.3 is 25.0 Å². The van der Waals surface area contributed by atoms with E-state index in [4.69, 9.17) is 38.4 Å². The van der Waals surface area contributed by atoms with Crippen LogP contribution in [0.3, 0.4) is 0 Å². The van der Waals surface area contributed by atoms with Gasteiger partial charge >= 0.3 is 12.4 Å². The predicted octanol–water partition coefficient (Wildman–Crippen LogP) is 9.84. The summed E-state index contributed by atoms with van der Waals surface area (Å²) in [6, 6.07) is 6.75. The summed E-state index contributed by atoms with van der Waals surface area (Å²) < 4.78 is 93.6. The van der Waals surface area contributed by atoms with Crippen LogP contribution in [0.4, 0.5) is 26.3 Å². The number of carbonyl (C=O) groups is 2. The lowest BCUT2D eigenvalue weighted by atomic mass is 10.0. The van der Waals surface area contributed by atoms with E-state index < -0.39 is 45.3 Å². The Bertz CT molecular complexity index is 2080. The Morgan fingerprint density at radius 2 is 1.36 bits per heavy atom. The average Bonchev–Trinajstić information content (AvgIpc) is 3.52. The second-order valence-electron chi connectivity index (χ2n) is 14.0. The maximum atomic E-state index is 13.2. The van der Waals surface area contributed by atoms with Crippen LogP contribution in [0.5, 0.6) is 0 Å². The fraction of sp³-hybridized carbons (Fsp3) is 0.474. The monoisotopic (exact) mass is 1080 g/mol. The molecule has 2 N–H and O–H groups in total. The number of fused-ring (bicyclic) bond motifs is 1. The standard InChI is InChI=1S/C19H18ClF3IN3O2.C19H20ClF3IN3O2/c20-16-12(4-3-5-13(16)19(21,22)23)18(28)26-8-7-11-14(10-26)27(25-17(11)24)15-6-1-2-9-29-15;20-16-12(4-3-5-13(16)19(21,22)23)18(28)27-8-7-11(14(25)10-27)17(24)26-15-6-1-2-9-29-15/h3-5,15H,1-2,6-10H2;3-5,15H,1-2,6-10,25H2. The number of carbonyl (C=O) groups excluding carboxylic acids is 2. The molecule has 2 aromatic carbocycles. The molecule has 7 rings (SSSR count). The Morgan fingerprint density at radius 3 is 1.88 bits per heavy atom. The van der Waals surface area contributed by atoms with Gasteiger partial charge in [0.05, 0.1) is 51.1 Å². The summed E-state index contributed by atoms with van der Waals surface area (Å²) in [6.45, 7) is 2.43. The van der Waals surface area contributed by atoms with E-state index in [1.807, 2.05) is 4.68 Å². The summed E-state index contributed by atoms with van der Waals surface area (Å²) in [4.78, 5) is 33.3. The van der Waals surface area contributed by atoms with Crippen LogP contribution in [0.1, 0.15) is 94.3 Å². The zero-order valence-corrected chi connectivity index (χ0v) is 36.6. The Labute approximate surface area is 367 Å². The highest BCUT2D eigenvalue weighted by Gasteiger charge is 2.38. The maximum absolute atomic E-state index is 13.2. The number of amides is 2. The van der Waals surface area contributed by atoms with Gasteiger partial charge in [0.25, 0.3) is 11.8 Å². The van der Waals surface area contributed by atoms with E-state index in [0.717, 1.165) is 74.9 Å². The highest BCUT2D eigenvalue weighted by molar-refractivity contribution is 14.1. The Morgan fingerprint density at radius 1 is 0.810 bits per heavy atom. The van der Waals surface area contributed by atoms with Crippen LogP contribution in [0, 0.1) is 3.70 Å². The molecule has 314 valence electrons. The van der Waals surface area contributed by atoms with Gasteiger partial charge in [0.1, 0.15) is 13.6 Å². The van der Waals surface area contributed by atoms with Crippen molar-refractivity contribution in [3.05, 3.63) is 94.9 Å². The SMILES string of the molecule is NC1=C(C(I)=NC2CCCCO2)CCN(C(=O)c2cccc(C(F)(F)F)c2Cl)C1.O=C(c1cccc(C(F)(F)F)c1Cl)N1CCc2c(I)nn(C3CCCCO3)c2C1. The third kappa shape index (κ3) is 10.3. The lowest BCUT2D eigenvalue weighted by Crippen LogP contribution is -2.40. The second kappa shape index (κ2) is 18.9. The summed E-state index contributed by atoms with van der Waals surface area (Å²) in [5, 5.41) is 3.46. The number of benzene rings is 2. The number of rotatable bonds is 5. The summed E-state index contributed by atoms with van der Waals surface area (Å²) in [5.41, 5.74) is 7.09. The first-order valence-corrected chi connectivity index (χ1v) is 21.4. The summed E-state index contributed by atoms with van der Waals surface area (Å²) in [5.74, 6) is -1.09. The summed E-state index contributed by atoms with van der Waals surface area (Å²) >= 11 is 16.1. The molecule has 20 heteroatoms. The smallest absolute Gasteiger partial charge is 0.400 e. The first-order chi connectivity index (χ1) is 27.5. The minimum Gasteiger partial charge on any atom is -0.400 e. The first kappa shape index (κ1) is 44.9. The number of ether oxygens (including phenoxy) is 2. The molecule has 4 aliphatic rings. The molecular formula is C38H38Cl2F6I2N6O4. The van der Waals surface area contributed by atoms with Crippen LogP contribution < -0.4 is 5.73 Å². The number of aromatic nitrogens is 2. The topological polar surface area (TPSA) is 115 Å². The van der Waals surface area contributed by atoms with Crippen molar-refractivity contribution in [3.8, 4) is 0 Å². The number of hydrogen-bond acceptors (Lipinski definition) is 7. The molecular weight excluding hydrogens is 1040 g/mol. The van der Waals surface area contributed by atoms with Gasteiger partial charge in [0, 0.05) is 43.1 Å². The third-order valence-electron chi connectivity index (χ3n) is 10.2. The van der Waals surface area contributed by atoms with Gasteiger partial charge in [0.15, 0.2) is 6.23 Å². The predicted molar refractivity (Wildman–Crippen MR) is 222 cm³/mol. The largest absolute Gasteiger partial charge is 0.417 e. The van der Waals surface area contributed by atoms with E-state index in [9.17, 15) is 35.9 Å². The van der Waals surface area contributed by atoms with Crippen molar-refractivity contribution in [2.45, 2.75) is 82.7 Å².